The Labute approximate surface area is 122 Å². The van der Waals surface area contributed by atoms with Crippen molar-refractivity contribution in [3.63, 3.8) is 0 Å². The number of hydroxylamine groups is 1. The highest BCUT2D eigenvalue weighted by atomic mass is 16.7. The molecular weight excluding hydrogens is 276 g/mol. The van der Waals surface area contributed by atoms with E-state index in [1.807, 2.05) is 0 Å². The fourth-order valence-corrected chi connectivity index (χ4v) is 2.19. The summed E-state index contributed by atoms with van der Waals surface area (Å²) in [6.07, 6.45) is 2.49. The summed E-state index contributed by atoms with van der Waals surface area (Å²) in [7, 11) is 1.36. The van der Waals surface area contributed by atoms with Crippen LogP contribution >= 0.6 is 0 Å². The van der Waals surface area contributed by atoms with E-state index in [4.69, 9.17) is 14.3 Å². The average Bonchev–Trinajstić information content (AvgIpc) is 2.54. The van der Waals surface area contributed by atoms with E-state index >= 15 is 0 Å². The first-order chi connectivity index (χ1) is 10.3. The van der Waals surface area contributed by atoms with E-state index in [-0.39, 0.29) is 6.29 Å². The van der Waals surface area contributed by atoms with Crippen LogP contribution in [0.1, 0.15) is 30.9 Å². The van der Waals surface area contributed by atoms with E-state index < -0.39 is 11.9 Å². The molecule has 1 aromatic rings. The summed E-state index contributed by atoms with van der Waals surface area (Å²) in [4.78, 5) is 26.9. The van der Waals surface area contributed by atoms with Gasteiger partial charge in [0, 0.05) is 17.2 Å². The molecule has 1 fully saturated rings. The van der Waals surface area contributed by atoms with Crippen LogP contribution in [0.15, 0.2) is 29.4 Å². The Morgan fingerprint density at radius 1 is 1.43 bits per heavy atom. The van der Waals surface area contributed by atoms with Gasteiger partial charge >= 0.3 is 5.91 Å². The molecule has 0 radical (unpaired) electrons. The number of hydrogen-bond donors (Lipinski definition) is 1. The van der Waals surface area contributed by atoms with Crippen molar-refractivity contribution in [3.05, 3.63) is 34.7 Å². The van der Waals surface area contributed by atoms with Crippen LogP contribution in [0.3, 0.4) is 0 Å². The number of nitroso groups, excluding NO2 is 1. The zero-order valence-corrected chi connectivity index (χ0v) is 11.8. The van der Waals surface area contributed by atoms with Gasteiger partial charge in [-0.15, -0.1) is 4.91 Å². The fraction of sp³-hybridized carbons (Fsp3) is 0.500. The standard InChI is InChI=1S/C14H18N2O5/c1-19-16-13(14(17)15-18)10-6-2-3-7-11(10)21-12-8-4-5-9-20-12/h2-3,6-7,12-13,16H,4-5,8-9H2,1H3. The largest absolute Gasteiger partial charge is 0.465 e. The van der Waals surface area contributed by atoms with Crippen LogP contribution in [-0.4, -0.2) is 25.9 Å². The third-order valence-corrected chi connectivity index (χ3v) is 3.20. The van der Waals surface area contributed by atoms with Crippen molar-refractivity contribution in [2.24, 2.45) is 5.18 Å². The summed E-state index contributed by atoms with van der Waals surface area (Å²) in [5, 5.41) is 2.45. The molecule has 2 unspecified atom stereocenters. The van der Waals surface area contributed by atoms with Gasteiger partial charge in [0.1, 0.15) is 11.8 Å². The van der Waals surface area contributed by atoms with E-state index in [2.05, 4.69) is 10.7 Å². The van der Waals surface area contributed by atoms with Crippen LogP contribution in [-0.2, 0) is 14.4 Å². The van der Waals surface area contributed by atoms with Crippen molar-refractivity contribution >= 4 is 5.91 Å². The van der Waals surface area contributed by atoms with Crippen molar-refractivity contribution in [3.8, 4) is 5.75 Å². The maximum absolute atomic E-state index is 11.6. The molecule has 1 heterocycles. The van der Waals surface area contributed by atoms with Crippen LogP contribution in [0.5, 0.6) is 5.75 Å². The van der Waals surface area contributed by atoms with Crippen LogP contribution < -0.4 is 10.2 Å². The highest BCUT2D eigenvalue weighted by Crippen LogP contribution is 2.28. The Hall–Kier alpha value is -1.83. The Morgan fingerprint density at radius 3 is 2.90 bits per heavy atom. The molecule has 2 atom stereocenters. The quantitative estimate of drug-likeness (QED) is 0.638. The second kappa shape index (κ2) is 7.82. The number of amides is 1. The van der Waals surface area contributed by atoms with Crippen LogP contribution in [0, 0.1) is 4.91 Å². The molecule has 114 valence electrons. The Bertz CT molecular complexity index is 488. The third-order valence-electron chi connectivity index (χ3n) is 3.20. The zero-order valence-electron chi connectivity index (χ0n) is 11.8. The summed E-state index contributed by atoms with van der Waals surface area (Å²) in [5.41, 5.74) is 2.95. The minimum absolute atomic E-state index is 0.345. The normalized spacial score (nSPS) is 19.8. The van der Waals surface area contributed by atoms with Gasteiger partial charge in [0.05, 0.1) is 13.7 Å². The SMILES string of the molecule is CONC(C(=O)N=O)c1ccccc1OC1CCCCO1. The molecule has 2 rings (SSSR count). The van der Waals surface area contributed by atoms with Crippen molar-refractivity contribution < 1.29 is 19.1 Å². The number of carbonyl (C=O) groups is 1. The van der Waals surface area contributed by atoms with Crippen LogP contribution in [0.2, 0.25) is 0 Å². The molecule has 1 aromatic carbocycles. The number of hydrogen-bond acceptors (Lipinski definition) is 6. The zero-order chi connectivity index (χ0) is 15.1. The minimum Gasteiger partial charge on any atom is -0.465 e. The molecule has 0 spiro atoms. The molecule has 1 aliphatic rings. The lowest BCUT2D eigenvalue weighted by Gasteiger charge is -2.25. The van der Waals surface area contributed by atoms with E-state index in [1.165, 1.54) is 7.11 Å². The van der Waals surface area contributed by atoms with Gasteiger partial charge in [0.15, 0.2) is 6.29 Å². The smallest absolute Gasteiger partial charge is 0.310 e. The Balaban J connectivity index is 2.21. The summed E-state index contributed by atoms with van der Waals surface area (Å²) < 4.78 is 11.3. The second-order valence-electron chi connectivity index (χ2n) is 4.64. The monoisotopic (exact) mass is 294 g/mol. The van der Waals surface area contributed by atoms with E-state index in [9.17, 15) is 9.70 Å². The number of benzene rings is 1. The fourth-order valence-electron chi connectivity index (χ4n) is 2.19. The maximum Gasteiger partial charge on any atom is 0.310 e. The molecule has 0 aliphatic carbocycles. The van der Waals surface area contributed by atoms with E-state index in [0.29, 0.717) is 17.9 Å². The lowest BCUT2D eigenvalue weighted by Crippen LogP contribution is -2.29. The van der Waals surface area contributed by atoms with Gasteiger partial charge in [-0.3, -0.25) is 4.79 Å². The molecule has 7 nitrogen and oxygen atoms in total. The van der Waals surface area contributed by atoms with Gasteiger partial charge in [-0.05, 0) is 18.9 Å². The molecule has 1 aliphatic heterocycles. The van der Waals surface area contributed by atoms with Gasteiger partial charge in [-0.25, -0.2) is 0 Å². The molecule has 0 saturated carbocycles. The maximum atomic E-state index is 11.6. The minimum atomic E-state index is -1.01. The van der Waals surface area contributed by atoms with Crippen LogP contribution in [0.25, 0.3) is 0 Å². The molecule has 0 bridgehead atoms. The van der Waals surface area contributed by atoms with Gasteiger partial charge < -0.3 is 14.3 Å². The summed E-state index contributed by atoms with van der Waals surface area (Å²) >= 11 is 0. The highest BCUT2D eigenvalue weighted by Gasteiger charge is 2.26. The second-order valence-corrected chi connectivity index (χ2v) is 4.64. The van der Waals surface area contributed by atoms with E-state index in [0.717, 1.165) is 19.3 Å². The summed E-state index contributed by atoms with van der Waals surface area (Å²) in [5.74, 6) is -0.409. The predicted molar refractivity (Wildman–Crippen MR) is 74.3 cm³/mol. The number of rotatable bonds is 6. The third kappa shape index (κ3) is 4.07. The molecule has 21 heavy (non-hydrogen) atoms. The Morgan fingerprint density at radius 2 is 2.24 bits per heavy atom. The Kier molecular flexibility index (Phi) is 5.79. The first kappa shape index (κ1) is 15.6. The lowest BCUT2D eigenvalue weighted by atomic mass is 10.1. The molecule has 1 amide bonds. The van der Waals surface area contributed by atoms with Crippen molar-refractivity contribution in [1.29, 1.82) is 0 Å². The number of para-hydroxylation sites is 1. The van der Waals surface area contributed by atoms with Gasteiger partial charge in [0.2, 0.25) is 0 Å². The first-order valence-electron chi connectivity index (χ1n) is 6.79. The number of carbonyl (C=O) groups excluding carboxylic acids is 1. The molecule has 7 heteroatoms. The number of nitrogens with zero attached hydrogens (tertiary/aromatic N) is 1. The molecule has 0 aromatic heterocycles. The number of ether oxygens (including phenoxy) is 2. The van der Waals surface area contributed by atoms with Crippen LogP contribution in [0.4, 0.5) is 0 Å². The van der Waals surface area contributed by atoms with Gasteiger partial charge in [-0.1, -0.05) is 18.2 Å². The highest BCUT2D eigenvalue weighted by molar-refractivity contribution is 5.84. The first-order valence-corrected chi connectivity index (χ1v) is 6.79. The summed E-state index contributed by atoms with van der Waals surface area (Å²) in [6, 6.07) is 5.91. The van der Waals surface area contributed by atoms with Crippen molar-refractivity contribution in [1.82, 2.24) is 5.48 Å². The average molecular weight is 294 g/mol. The van der Waals surface area contributed by atoms with E-state index in [1.54, 1.807) is 24.3 Å². The topological polar surface area (TPSA) is 86.2 Å². The van der Waals surface area contributed by atoms with Gasteiger partial charge in [-0.2, -0.15) is 5.48 Å². The lowest BCUT2D eigenvalue weighted by molar-refractivity contribution is -0.124. The number of nitrogens with one attached hydrogen (secondary N) is 1. The van der Waals surface area contributed by atoms with Crippen molar-refractivity contribution in [2.45, 2.75) is 31.6 Å². The predicted octanol–water partition coefficient (Wildman–Crippen LogP) is 2.08. The van der Waals surface area contributed by atoms with Gasteiger partial charge in [0.25, 0.3) is 0 Å². The molecule has 1 saturated heterocycles. The van der Waals surface area contributed by atoms with Crippen molar-refractivity contribution in [2.75, 3.05) is 13.7 Å². The summed E-state index contributed by atoms with van der Waals surface area (Å²) in [6.45, 7) is 0.654. The molecule has 1 N–H and O–H groups in total. The molecular formula is C14H18N2O5.